The second-order valence-corrected chi connectivity index (χ2v) is 9.31. The summed E-state index contributed by atoms with van der Waals surface area (Å²) in [6.07, 6.45) is 20.2. The van der Waals surface area contributed by atoms with E-state index < -0.39 is 0 Å². The largest absolute Gasteiger partial charge is 0.466 e. The fourth-order valence-corrected chi connectivity index (χ4v) is 4.19. The molecule has 2 rings (SSSR count). The molecule has 0 unspecified atom stereocenters. The van der Waals surface area contributed by atoms with Crippen LogP contribution in [0.4, 0.5) is 5.69 Å². The summed E-state index contributed by atoms with van der Waals surface area (Å²) in [5.74, 6) is -0.116. The van der Waals surface area contributed by atoms with E-state index in [4.69, 9.17) is 4.74 Å². The minimum atomic E-state index is -0.116. The molecule has 0 atom stereocenters. The summed E-state index contributed by atoms with van der Waals surface area (Å²) in [5, 5.41) is 0. The molecule has 0 saturated carbocycles. The number of carbonyl (C=O) groups excluding carboxylic acids is 1. The molecule has 0 aliphatic rings. The third kappa shape index (κ3) is 12.1. The number of anilines is 1. The lowest BCUT2D eigenvalue weighted by atomic mass is 10.1. The van der Waals surface area contributed by atoms with Gasteiger partial charge in [-0.25, -0.2) is 4.57 Å². The molecule has 0 spiro atoms. The Hall–Kier alpha value is -2.62. The fourth-order valence-electron chi connectivity index (χ4n) is 4.19. The fraction of sp³-hybridized carbons (Fsp3) is 0.548. The lowest BCUT2D eigenvalue weighted by Gasteiger charge is -2.25. The van der Waals surface area contributed by atoms with Crippen LogP contribution in [0.25, 0.3) is 12.2 Å². The van der Waals surface area contributed by atoms with Gasteiger partial charge in [-0.05, 0) is 43.0 Å². The second-order valence-electron chi connectivity index (χ2n) is 9.31. The van der Waals surface area contributed by atoms with Gasteiger partial charge in [0, 0.05) is 37.3 Å². The number of benzene rings is 1. The number of aryl methyl sites for hydroxylation is 1. The van der Waals surface area contributed by atoms with E-state index >= 15 is 0 Å². The standard InChI is InChI=1S/C31H47N2O2/c1-4-7-9-11-24-33(25-12-10-8-5-2)30-19-17-28(18-20-30)15-16-29-21-26-32(27-22-29)23-13-14-31(34)35-6-3/h15-22,26-27H,4-14,23-25H2,1-3H3/q+1. The minimum absolute atomic E-state index is 0.116. The van der Waals surface area contributed by atoms with E-state index in [0.29, 0.717) is 13.0 Å². The predicted octanol–water partition coefficient (Wildman–Crippen LogP) is 7.45. The van der Waals surface area contributed by atoms with E-state index in [1.54, 1.807) is 0 Å². The Kier molecular flexibility index (Phi) is 14.5. The highest BCUT2D eigenvalue weighted by molar-refractivity contribution is 5.70. The van der Waals surface area contributed by atoms with Crippen LogP contribution in [0, 0.1) is 0 Å². The van der Waals surface area contributed by atoms with Crippen molar-refractivity contribution in [2.75, 3.05) is 24.6 Å². The average molecular weight is 480 g/mol. The van der Waals surface area contributed by atoms with Gasteiger partial charge < -0.3 is 9.64 Å². The van der Waals surface area contributed by atoms with Gasteiger partial charge in [0.1, 0.15) is 6.54 Å². The molecule has 1 aromatic heterocycles. The van der Waals surface area contributed by atoms with Crippen LogP contribution in [0.15, 0.2) is 48.8 Å². The highest BCUT2D eigenvalue weighted by Gasteiger charge is 2.07. The summed E-state index contributed by atoms with van der Waals surface area (Å²) in [6, 6.07) is 13.3. The molecule has 1 aromatic carbocycles. The summed E-state index contributed by atoms with van der Waals surface area (Å²) in [4.78, 5) is 14.0. The molecule has 35 heavy (non-hydrogen) atoms. The van der Waals surface area contributed by atoms with Crippen molar-refractivity contribution in [1.82, 2.24) is 0 Å². The van der Waals surface area contributed by atoms with Crippen molar-refractivity contribution in [3.63, 3.8) is 0 Å². The van der Waals surface area contributed by atoms with Gasteiger partial charge in [-0.1, -0.05) is 76.7 Å². The lowest BCUT2D eigenvalue weighted by molar-refractivity contribution is -0.697. The Labute approximate surface area is 214 Å². The van der Waals surface area contributed by atoms with Crippen LogP contribution in [0.5, 0.6) is 0 Å². The molecular formula is C31H47N2O2+. The number of esters is 1. The topological polar surface area (TPSA) is 33.4 Å². The summed E-state index contributed by atoms with van der Waals surface area (Å²) in [5.41, 5.74) is 3.74. The Bertz CT molecular complexity index is 831. The number of aromatic nitrogens is 1. The molecule has 4 nitrogen and oxygen atoms in total. The van der Waals surface area contributed by atoms with Crippen LogP contribution in [-0.2, 0) is 16.1 Å². The van der Waals surface area contributed by atoms with Crippen molar-refractivity contribution < 1.29 is 14.1 Å². The van der Waals surface area contributed by atoms with E-state index in [-0.39, 0.29) is 5.97 Å². The molecule has 2 aromatic rings. The first-order chi connectivity index (χ1) is 17.2. The van der Waals surface area contributed by atoms with Gasteiger partial charge in [0.2, 0.25) is 0 Å². The quantitative estimate of drug-likeness (QED) is 0.126. The number of hydrogen-bond acceptors (Lipinski definition) is 3. The summed E-state index contributed by atoms with van der Waals surface area (Å²) in [6.45, 7) is 9.97. The number of pyridine rings is 1. The van der Waals surface area contributed by atoms with Crippen LogP contribution in [0.2, 0.25) is 0 Å². The number of nitrogens with zero attached hydrogens (tertiary/aromatic N) is 2. The number of rotatable bonds is 18. The minimum Gasteiger partial charge on any atom is -0.466 e. The molecule has 0 saturated heterocycles. The number of unbranched alkanes of at least 4 members (excludes halogenated alkanes) is 6. The maximum absolute atomic E-state index is 11.5. The molecule has 0 fully saturated rings. The van der Waals surface area contributed by atoms with Crippen molar-refractivity contribution >= 4 is 23.8 Å². The molecule has 0 aliphatic heterocycles. The Balaban J connectivity index is 1.88. The Morgan fingerprint density at radius 1 is 0.771 bits per heavy atom. The average Bonchev–Trinajstić information content (AvgIpc) is 2.88. The van der Waals surface area contributed by atoms with Crippen molar-refractivity contribution in [2.24, 2.45) is 0 Å². The smallest absolute Gasteiger partial charge is 0.306 e. The Morgan fingerprint density at radius 3 is 1.89 bits per heavy atom. The molecular weight excluding hydrogens is 432 g/mol. The SMILES string of the molecule is CCCCCCN(CCCCCC)c1ccc(/C=C/c2cc[n+](CCCC(=O)OCC)cc2)cc1. The van der Waals surface area contributed by atoms with E-state index in [0.717, 1.165) is 26.1 Å². The maximum Gasteiger partial charge on any atom is 0.306 e. The summed E-state index contributed by atoms with van der Waals surface area (Å²) in [7, 11) is 0. The van der Waals surface area contributed by atoms with Gasteiger partial charge in [-0.3, -0.25) is 4.79 Å². The van der Waals surface area contributed by atoms with Gasteiger partial charge in [0.15, 0.2) is 12.4 Å². The highest BCUT2D eigenvalue weighted by Crippen LogP contribution is 2.19. The van der Waals surface area contributed by atoms with Gasteiger partial charge in [0.25, 0.3) is 0 Å². The van der Waals surface area contributed by atoms with Crippen LogP contribution < -0.4 is 9.47 Å². The number of hydrogen-bond donors (Lipinski definition) is 0. The molecule has 1 heterocycles. The van der Waals surface area contributed by atoms with Crippen molar-refractivity contribution in [3.05, 3.63) is 59.9 Å². The zero-order valence-electron chi connectivity index (χ0n) is 22.4. The zero-order valence-corrected chi connectivity index (χ0v) is 22.4. The normalized spacial score (nSPS) is 11.2. The summed E-state index contributed by atoms with van der Waals surface area (Å²) >= 11 is 0. The lowest BCUT2D eigenvalue weighted by Crippen LogP contribution is -2.32. The van der Waals surface area contributed by atoms with Crippen LogP contribution in [-0.4, -0.2) is 25.7 Å². The third-order valence-electron chi connectivity index (χ3n) is 6.31. The van der Waals surface area contributed by atoms with Gasteiger partial charge in [-0.2, -0.15) is 0 Å². The number of carbonyl (C=O) groups is 1. The van der Waals surface area contributed by atoms with E-state index in [1.807, 2.05) is 6.92 Å². The van der Waals surface area contributed by atoms with Crippen molar-refractivity contribution in [3.8, 4) is 0 Å². The summed E-state index contributed by atoms with van der Waals surface area (Å²) < 4.78 is 7.10. The molecule has 0 amide bonds. The zero-order chi connectivity index (χ0) is 25.1. The monoisotopic (exact) mass is 479 g/mol. The molecule has 4 heteroatoms. The van der Waals surface area contributed by atoms with Crippen LogP contribution in [0.1, 0.15) is 96.1 Å². The first kappa shape index (κ1) is 28.6. The van der Waals surface area contributed by atoms with E-state index in [1.165, 1.54) is 68.2 Å². The Morgan fingerprint density at radius 2 is 1.34 bits per heavy atom. The number of ether oxygens (including phenoxy) is 1. The first-order valence-electron chi connectivity index (χ1n) is 13.8. The second kappa shape index (κ2) is 17.8. The molecule has 0 radical (unpaired) electrons. The van der Waals surface area contributed by atoms with Crippen LogP contribution in [0.3, 0.4) is 0 Å². The van der Waals surface area contributed by atoms with Gasteiger partial charge in [-0.15, -0.1) is 0 Å². The van der Waals surface area contributed by atoms with Gasteiger partial charge >= 0.3 is 5.97 Å². The van der Waals surface area contributed by atoms with Crippen molar-refractivity contribution in [2.45, 2.75) is 91.5 Å². The molecule has 192 valence electrons. The predicted molar refractivity (Wildman–Crippen MR) is 148 cm³/mol. The molecule has 0 bridgehead atoms. The highest BCUT2D eigenvalue weighted by atomic mass is 16.5. The maximum atomic E-state index is 11.5. The van der Waals surface area contributed by atoms with Crippen LogP contribution >= 0.6 is 0 Å². The van der Waals surface area contributed by atoms with E-state index in [9.17, 15) is 4.79 Å². The van der Waals surface area contributed by atoms with Crippen molar-refractivity contribution in [1.29, 1.82) is 0 Å². The first-order valence-corrected chi connectivity index (χ1v) is 13.8. The third-order valence-corrected chi connectivity index (χ3v) is 6.31. The van der Waals surface area contributed by atoms with Gasteiger partial charge in [0.05, 0.1) is 13.0 Å². The molecule has 0 N–H and O–H groups in total. The molecule has 0 aliphatic carbocycles. The van der Waals surface area contributed by atoms with E-state index in [2.05, 4.69) is 84.3 Å².